The zero-order valence-electron chi connectivity index (χ0n) is 11.9. The lowest BCUT2D eigenvalue weighted by molar-refractivity contribution is -0.199. The highest BCUT2D eigenvalue weighted by Crippen LogP contribution is 2.41. The van der Waals surface area contributed by atoms with Crippen molar-refractivity contribution < 1.29 is 23.1 Å². The predicted molar refractivity (Wildman–Crippen MR) is 74.2 cm³/mol. The molecule has 22 heavy (non-hydrogen) atoms. The van der Waals surface area contributed by atoms with Gasteiger partial charge in [-0.3, -0.25) is 9.78 Å². The third-order valence-electron chi connectivity index (χ3n) is 3.98. The minimum absolute atomic E-state index is 0.0353. The van der Waals surface area contributed by atoms with E-state index in [4.69, 9.17) is 5.73 Å². The molecule has 1 aromatic heterocycles. The molecule has 4 N–H and O–H groups in total. The number of rotatable bonds is 4. The first-order valence-electron chi connectivity index (χ1n) is 6.98. The van der Waals surface area contributed by atoms with Crippen LogP contribution < -0.4 is 11.1 Å². The number of anilines is 1. The molecule has 2 rings (SSSR count). The number of halogens is 3. The summed E-state index contributed by atoms with van der Waals surface area (Å²) in [5, 5.41) is 13.2. The maximum absolute atomic E-state index is 12.8. The van der Waals surface area contributed by atoms with Crippen LogP contribution in [0.3, 0.4) is 0 Å². The summed E-state index contributed by atoms with van der Waals surface area (Å²) in [7, 11) is 0. The molecular formula is C14H18F3N3O2. The quantitative estimate of drug-likeness (QED) is 0.793. The first-order chi connectivity index (χ1) is 10.2. The van der Waals surface area contributed by atoms with Gasteiger partial charge >= 0.3 is 6.18 Å². The maximum Gasteiger partial charge on any atom is 0.391 e. The van der Waals surface area contributed by atoms with Gasteiger partial charge in [0.05, 0.1) is 22.8 Å². The van der Waals surface area contributed by atoms with Crippen molar-refractivity contribution in [3.05, 3.63) is 24.0 Å². The van der Waals surface area contributed by atoms with Crippen molar-refractivity contribution in [1.29, 1.82) is 0 Å². The Balaban J connectivity index is 2.06. The topological polar surface area (TPSA) is 88.2 Å². The Bertz CT molecular complexity index is 550. The Hall–Kier alpha value is -1.83. The molecule has 1 fully saturated rings. The van der Waals surface area contributed by atoms with Gasteiger partial charge in [0.15, 0.2) is 0 Å². The summed E-state index contributed by atoms with van der Waals surface area (Å²) in [6.07, 6.45) is -1.32. The highest BCUT2D eigenvalue weighted by atomic mass is 19.4. The Morgan fingerprint density at radius 2 is 2.27 bits per heavy atom. The summed E-state index contributed by atoms with van der Waals surface area (Å²) < 4.78 is 38.5. The van der Waals surface area contributed by atoms with Crippen molar-refractivity contribution >= 4 is 11.6 Å². The van der Waals surface area contributed by atoms with Gasteiger partial charge in [-0.25, -0.2) is 0 Å². The molecule has 1 saturated carbocycles. The molecule has 0 aliphatic heterocycles. The third kappa shape index (κ3) is 3.88. The maximum atomic E-state index is 12.8. The fraction of sp³-hybridized carbons (Fsp3) is 0.571. The minimum Gasteiger partial charge on any atom is -0.388 e. The number of aromatic nitrogens is 1. The van der Waals surface area contributed by atoms with E-state index < -0.39 is 23.6 Å². The van der Waals surface area contributed by atoms with E-state index in [9.17, 15) is 23.1 Å². The lowest BCUT2D eigenvalue weighted by atomic mass is 9.77. The van der Waals surface area contributed by atoms with Gasteiger partial charge in [0, 0.05) is 18.9 Å². The summed E-state index contributed by atoms with van der Waals surface area (Å²) >= 11 is 0. The van der Waals surface area contributed by atoms with Gasteiger partial charge in [0.25, 0.3) is 5.91 Å². The van der Waals surface area contributed by atoms with Gasteiger partial charge in [-0.15, -0.1) is 0 Å². The summed E-state index contributed by atoms with van der Waals surface area (Å²) in [4.78, 5) is 15.0. The monoisotopic (exact) mass is 317 g/mol. The second-order valence-corrected chi connectivity index (χ2v) is 5.70. The molecular weight excluding hydrogens is 299 g/mol. The summed E-state index contributed by atoms with van der Waals surface area (Å²) in [6, 6.07) is 1.49. The summed E-state index contributed by atoms with van der Waals surface area (Å²) in [6.45, 7) is -0.0795. The molecule has 0 spiro atoms. The standard InChI is InChI=1S/C14H18F3N3O2/c15-14(16,17)9-2-1-4-13(22,6-9)8-20-11-3-5-19-7-10(11)12(18)21/h3,5,7,9,22H,1-2,4,6,8H2,(H2,18,21)(H,19,20). The summed E-state index contributed by atoms with van der Waals surface area (Å²) in [5.41, 5.74) is 4.23. The van der Waals surface area contributed by atoms with Crippen LogP contribution in [0.2, 0.25) is 0 Å². The highest BCUT2D eigenvalue weighted by molar-refractivity contribution is 5.98. The lowest BCUT2D eigenvalue weighted by Crippen LogP contribution is -2.45. The van der Waals surface area contributed by atoms with E-state index in [-0.39, 0.29) is 31.4 Å². The molecule has 1 amide bonds. The van der Waals surface area contributed by atoms with Gasteiger partial charge in [-0.2, -0.15) is 13.2 Å². The number of nitrogens with one attached hydrogen (secondary N) is 1. The van der Waals surface area contributed by atoms with E-state index in [2.05, 4.69) is 10.3 Å². The smallest absolute Gasteiger partial charge is 0.388 e. The molecule has 0 aromatic carbocycles. The molecule has 0 saturated heterocycles. The van der Waals surface area contributed by atoms with Crippen LogP contribution in [0, 0.1) is 5.92 Å². The van der Waals surface area contributed by atoms with E-state index >= 15 is 0 Å². The van der Waals surface area contributed by atoms with Gasteiger partial charge in [-0.05, 0) is 31.7 Å². The Morgan fingerprint density at radius 1 is 1.55 bits per heavy atom. The van der Waals surface area contributed by atoms with Crippen LogP contribution in [0.25, 0.3) is 0 Å². The second kappa shape index (κ2) is 6.12. The Kier molecular flexibility index (Phi) is 4.60. The molecule has 2 atom stereocenters. The van der Waals surface area contributed by atoms with Crippen LogP contribution in [-0.4, -0.2) is 34.3 Å². The van der Waals surface area contributed by atoms with Crippen molar-refractivity contribution in [2.75, 3.05) is 11.9 Å². The van der Waals surface area contributed by atoms with E-state index in [0.29, 0.717) is 12.1 Å². The van der Waals surface area contributed by atoms with Gasteiger partial charge < -0.3 is 16.2 Å². The number of hydrogen-bond donors (Lipinski definition) is 3. The SMILES string of the molecule is NC(=O)c1cnccc1NCC1(O)CCCC(C(F)(F)F)C1. The molecule has 8 heteroatoms. The number of amides is 1. The van der Waals surface area contributed by atoms with E-state index in [1.807, 2.05) is 0 Å². The minimum atomic E-state index is -4.30. The molecule has 2 unspecified atom stereocenters. The van der Waals surface area contributed by atoms with Crippen LogP contribution in [0.1, 0.15) is 36.0 Å². The molecule has 5 nitrogen and oxygen atoms in total. The average Bonchev–Trinajstić information content (AvgIpc) is 2.44. The molecule has 122 valence electrons. The average molecular weight is 317 g/mol. The Labute approximate surface area is 125 Å². The van der Waals surface area contributed by atoms with Gasteiger partial charge in [0.2, 0.25) is 0 Å². The van der Waals surface area contributed by atoms with Crippen LogP contribution in [-0.2, 0) is 0 Å². The zero-order valence-corrected chi connectivity index (χ0v) is 11.9. The van der Waals surface area contributed by atoms with E-state index in [0.717, 1.165) is 0 Å². The molecule has 0 bridgehead atoms. The van der Waals surface area contributed by atoms with Crippen molar-refractivity contribution in [2.45, 2.75) is 37.5 Å². The predicted octanol–water partition coefficient (Wildman–Crippen LogP) is 2.08. The van der Waals surface area contributed by atoms with E-state index in [1.165, 1.54) is 18.5 Å². The van der Waals surface area contributed by atoms with Crippen LogP contribution in [0.5, 0.6) is 0 Å². The van der Waals surface area contributed by atoms with E-state index in [1.54, 1.807) is 0 Å². The zero-order chi connectivity index (χ0) is 16.4. The molecule has 1 aromatic rings. The third-order valence-corrected chi connectivity index (χ3v) is 3.98. The van der Waals surface area contributed by atoms with Gasteiger partial charge in [0.1, 0.15) is 0 Å². The highest BCUT2D eigenvalue weighted by Gasteiger charge is 2.46. The number of alkyl halides is 3. The fourth-order valence-corrected chi connectivity index (χ4v) is 2.78. The number of carbonyl (C=O) groups is 1. The Morgan fingerprint density at radius 3 is 2.91 bits per heavy atom. The molecule has 1 aliphatic carbocycles. The first-order valence-corrected chi connectivity index (χ1v) is 6.98. The number of pyridine rings is 1. The molecule has 1 aliphatic rings. The first kappa shape index (κ1) is 16.5. The van der Waals surface area contributed by atoms with Crippen LogP contribution in [0.4, 0.5) is 18.9 Å². The summed E-state index contributed by atoms with van der Waals surface area (Å²) in [5.74, 6) is -2.19. The van der Waals surface area contributed by atoms with Crippen molar-refractivity contribution in [3.8, 4) is 0 Å². The molecule has 1 heterocycles. The fourth-order valence-electron chi connectivity index (χ4n) is 2.78. The normalized spacial score (nSPS) is 25.7. The number of nitrogens with two attached hydrogens (primary N) is 1. The second-order valence-electron chi connectivity index (χ2n) is 5.70. The van der Waals surface area contributed by atoms with Crippen LogP contribution >= 0.6 is 0 Å². The van der Waals surface area contributed by atoms with Crippen molar-refractivity contribution in [2.24, 2.45) is 11.7 Å². The number of primary amides is 1. The molecule has 0 radical (unpaired) electrons. The van der Waals surface area contributed by atoms with Crippen molar-refractivity contribution in [1.82, 2.24) is 4.98 Å². The van der Waals surface area contributed by atoms with Crippen molar-refractivity contribution in [3.63, 3.8) is 0 Å². The number of nitrogens with zero attached hydrogens (tertiary/aromatic N) is 1. The number of hydrogen-bond acceptors (Lipinski definition) is 4. The van der Waals surface area contributed by atoms with Crippen LogP contribution in [0.15, 0.2) is 18.5 Å². The number of carbonyl (C=O) groups excluding carboxylic acids is 1. The largest absolute Gasteiger partial charge is 0.391 e. The lowest BCUT2D eigenvalue weighted by Gasteiger charge is -2.38. The number of aliphatic hydroxyl groups is 1. The van der Waals surface area contributed by atoms with Gasteiger partial charge in [-0.1, -0.05) is 0 Å².